The van der Waals surface area contributed by atoms with Crippen molar-refractivity contribution in [2.24, 2.45) is 0 Å². The Kier molecular flexibility index (Phi) is 7.00. The lowest BCUT2D eigenvalue weighted by Crippen LogP contribution is -2.13. The van der Waals surface area contributed by atoms with Gasteiger partial charge in [-0.25, -0.2) is 4.68 Å². The Morgan fingerprint density at radius 2 is 1.74 bits per heavy atom. The summed E-state index contributed by atoms with van der Waals surface area (Å²) < 4.78 is 59.7. The molecule has 7 nitrogen and oxygen atoms in total. The summed E-state index contributed by atoms with van der Waals surface area (Å²) in [5.41, 5.74) is 1.55. The lowest BCUT2D eigenvalue weighted by Gasteiger charge is -2.12. The van der Waals surface area contributed by atoms with E-state index in [2.05, 4.69) is 19.7 Å². The summed E-state index contributed by atoms with van der Waals surface area (Å²) in [4.78, 5) is 12.5. The molecular weight excluding hydrogens is 440 g/mol. The van der Waals surface area contributed by atoms with E-state index in [4.69, 9.17) is 5.84 Å². The molecule has 0 spiro atoms. The first kappa shape index (κ1) is 22.4. The number of nitrogens with zero attached hydrogens (tertiary/aromatic N) is 3. The molecule has 0 aliphatic carbocycles. The van der Waals surface area contributed by atoms with Gasteiger partial charge in [-0.3, -0.25) is 4.79 Å². The van der Waals surface area contributed by atoms with Gasteiger partial charge in [0.15, 0.2) is 11.6 Å². The van der Waals surface area contributed by atoms with Crippen LogP contribution in [0.2, 0.25) is 0 Å². The predicted molar refractivity (Wildman–Crippen MR) is 105 cm³/mol. The van der Waals surface area contributed by atoms with Crippen molar-refractivity contribution in [3.8, 4) is 22.9 Å². The fraction of sp³-hybridized carbons (Fsp3) is 0.211. The highest BCUT2D eigenvalue weighted by molar-refractivity contribution is 7.99. The van der Waals surface area contributed by atoms with E-state index >= 15 is 0 Å². The molecule has 0 amide bonds. The van der Waals surface area contributed by atoms with E-state index in [-0.39, 0.29) is 16.5 Å². The molecule has 0 radical (unpaired) electrons. The number of ether oxygens (including phenoxy) is 2. The van der Waals surface area contributed by atoms with Gasteiger partial charge in [0.25, 0.3) is 0 Å². The fourth-order valence-electron chi connectivity index (χ4n) is 2.59. The maximum atomic E-state index is 12.7. The average molecular weight is 456 g/mol. The number of thioether (sulfide) groups is 1. The third kappa shape index (κ3) is 5.66. The lowest BCUT2D eigenvalue weighted by atomic mass is 10.1. The number of rotatable bonds is 9. The SMILES string of the molecule is Cc1ccc(-c2nnc(SCC(=O)c3ccc(OC(F)F)cc3OC(F)F)n2N)cc1. The molecule has 0 saturated carbocycles. The molecule has 1 heterocycles. The monoisotopic (exact) mass is 456 g/mol. The highest BCUT2D eigenvalue weighted by Crippen LogP contribution is 2.30. The molecular formula is C19H16F4N4O3S. The minimum atomic E-state index is -3.26. The number of carbonyl (C=O) groups excluding carboxylic acids is 1. The molecule has 0 aliphatic heterocycles. The first-order valence-corrected chi connectivity index (χ1v) is 9.70. The minimum Gasteiger partial charge on any atom is -0.435 e. The first-order chi connectivity index (χ1) is 14.7. The molecule has 3 aromatic rings. The number of aromatic nitrogens is 3. The number of carbonyl (C=O) groups is 1. The molecule has 164 valence electrons. The van der Waals surface area contributed by atoms with E-state index in [0.29, 0.717) is 5.82 Å². The molecule has 3 rings (SSSR count). The molecule has 0 aliphatic rings. The number of ketones is 1. The number of aryl methyl sites for hydroxylation is 1. The number of alkyl halides is 4. The number of halogens is 4. The molecule has 0 unspecified atom stereocenters. The van der Waals surface area contributed by atoms with Crippen molar-refractivity contribution in [3.63, 3.8) is 0 Å². The number of Topliss-reactive ketones (excluding diaryl/α,β-unsaturated/α-hetero) is 1. The second-order valence-corrected chi connectivity index (χ2v) is 7.11. The van der Waals surface area contributed by atoms with Gasteiger partial charge in [0.05, 0.1) is 11.3 Å². The van der Waals surface area contributed by atoms with Crippen molar-refractivity contribution in [1.29, 1.82) is 0 Å². The van der Waals surface area contributed by atoms with Gasteiger partial charge >= 0.3 is 13.2 Å². The summed E-state index contributed by atoms with van der Waals surface area (Å²) >= 11 is 0.932. The van der Waals surface area contributed by atoms with Crippen LogP contribution in [0.4, 0.5) is 17.6 Å². The van der Waals surface area contributed by atoms with Gasteiger partial charge in [0, 0.05) is 11.6 Å². The van der Waals surface area contributed by atoms with E-state index in [1.807, 2.05) is 31.2 Å². The second kappa shape index (κ2) is 9.69. The van der Waals surface area contributed by atoms with Crippen LogP contribution in [-0.2, 0) is 0 Å². The highest BCUT2D eigenvalue weighted by Gasteiger charge is 2.20. The van der Waals surface area contributed by atoms with Crippen LogP contribution in [0.5, 0.6) is 11.5 Å². The fourth-order valence-corrected chi connectivity index (χ4v) is 3.33. The van der Waals surface area contributed by atoms with Crippen LogP contribution in [0, 0.1) is 6.92 Å². The van der Waals surface area contributed by atoms with Gasteiger partial charge in [-0.15, -0.1) is 10.2 Å². The van der Waals surface area contributed by atoms with Crippen LogP contribution in [0.25, 0.3) is 11.4 Å². The van der Waals surface area contributed by atoms with Crippen LogP contribution in [-0.4, -0.2) is 39.6 Å². The Morgan fingerprint density at radius 3 is 2.39 bits per heavy atom. The van der Waals surface area contributed by atoms with E-state index < -0.39 is 30.5 Å². The Balaban J connectivity index is 1.75. The minimum absolute atomic E-state index is 0.220. The molecule has 1 aromatic heterocycles. The molecule has 2 aromatic carbocycles. The zero-order valence-electron chi connectivity index (χ0n) is 16.0. The van der Waals surface area contributed by atoms with Crippen LogP contribution in [0.3, 0.4) is 0 Å². The second-order valence-electron chi connectivity index (χ2n) is 6.17. The van der Waals surface area contributed by atoms with Crippen molar-refractivity contribution in [1.82, 2.24) is 14.9 Å². The largest absolute Gasteiger partial charge is 0.435 e. The van der Waals surface area contributed by atoms with E-state index in [9.17, 15) is 22.4 Å². The first-order valence-electron chi connectivity index (χ1n) is 8.72. The number of nitrogen functional groups attached to an aromatic ring is 1. The summed E-state index contributed by atoms with van der Waals surface area (Å²) in [6.07, 6.45) is 0. The Hall–Kier alpha value is -3.28. The third-order valence-electron chi connectivity index (χ3n) is 4.00. The van der Waals surface area contributed by atoms with Gasteiger partial charge in [-0.2, -0.15) is 17.6 Å². The molecule has 2 N–H and O–H groups in total. The summed E-state index contributed by atoms with van der Waals surface area (Å²) in [5.74, 6) is 4.55. The highest BCUT2D eigenvalue weighted by atomic mass is 32.2. The van der Waals surface area contributed by atoms with E-state index in [1.54, 1.807) is 0 Å². The van der Waals surface area contributed by atoms with Crippen LogP contribution in [0.15, 0.2) is 47.6 Å². The predicted octanol–water partition coefficient (Wildman–Crippen LogP) is 4.15. The van der Waals surface area contributed by atoms with Gasteiger partial charge < -0.3 is 15.3 Å². The number of hydrogen-bond donors (Lipinski definition) is 1. The van der Waals surface area contributed by atoms with Crippen molar-refractivity contribution in [2.75, 3.05) is 11.6 Å². The molecule has 0 atom stereocenters. The third-order valence-corrected chi connectivity index (χ3v) is 4.94. The number of hydrogen-bond acceptors (Lipinski definition) is 7. The standard InChI is InChI=1S/C19H16F4N4O3S/c1-10-2-4-11(5-3-10)16-25-26-19(27(16)24)31-9-14(28)13-7-6-12(29-17(20)21)8-15(13)30-18(22)23/h2-8,17-18H,9,24H2,1H3. The zero-order chi connectivity index (χ0) is 22.5. The maximum Gasteiger partial charge on any atom is 0.387 e. The van der Waals surface area contributed by atoms with E-state index in [1.165, 1.54) is 4.68 Å². The Morgan fingerprint density at radius 1 is 1.06 bits per heavy atom. The molecule has 31 heavy (non-hydrogen) atoms. The van der Waals surface area contributed by atoms with Crippen LogP contribution < -0.4 is 15.3 Å². The van der Waals surface area contributed by atoms with Crippen LogP contribution >= 0.6 is 11.8 Å². The topological polar surface area (TPSA) is 92.3 Å². The molecule has 12 heteroatoms. The van der Waals surface area contributed by atoms with Gasteiger partial charge in [0.1, 0.15) is 11.5 Å². The van der Waals surface area contributed by atoms with Gasteiger partial charge in [0.2, 0.25) is 5.16 Å². The summed E-state index contributed by atoms with van der Waals surface area (Å²) in [6, 6.07) is 10.3. The van der Waals surface area contributed by atoms with Crippen LogP contribution in [0.1, 0.15) is 15.9 Å². The smallest absolute Gasteiger partial charge is 0.387 e. The van der Waals surface area contributed by atoms with Crippen molar-refractivity contribution in [2.45, 2.75) is 25.3 Å². The molecule has 0 bridgehead atoms. The lowest BCUT2D eigenvalue weighted by molar-refractivity contribution is -0.0544. The average Bonchev–Trinajstić information content (AvgIpc) is 3.06. The van der Waals surface area contributed by atoms with Gasteiger partial charge in [-0.1, -0.05) is 41.6 Å². The molecule has 0 fully saturated rings. The van der Waals surface area contributed by atoms with Gasteiger partial charge in [-0.05, 0) is 19.1 Å². The summed E-state index contributed by atoms with van der Waals surface area (Å²) in [6.45, 7) is -4.48. The van der Waals surface area contributed by atoms with Crippen molar-refractivity contribution >= 4 is 17.5 Å². The number of benzene rings is 2. The normalized spacial score (nSPS) is 11.2. The van der Waals surface area contributed by atoms with Crippen molar-refractivity contribution in [3.05, 3.63) is 53.6 Å². The quantitative estimate of drug-likeness (QED) is 0.224. The zero-order valence-corrected chi connectivity index (χ0v) is 16.8. The summed E-state index contributed by atoms with van der Waals surface area (Å²) in [7, 11) is 0. The van der Waals surface area contributed by atoms with Crippen molar-refractivity contribution < 1.29 is 31.8 Å². The number of nitrogens with two attached hydrogens (primary N) is 1. The Labute approximate surface area is 178 Å². The Bertz CT molecular complexity index is 1060. The molecule has 0 saturated heterocycles. The maximum absolute atomic E-state index is 12.7. The van der Waals surface area contributed by atoms with E-state index in [0.717, 1.165) is 41.1 Å². The summed E-state index contributed by atoms with van der Waals surface area (Å²) in [5, 5.41) is 8.17.